The molecule has 2 saturated carbocycles. The van der Waals surface area contributed by atoms with E-state index in [1.165, 1.54) is 25.7 Å². The average Bonchev–Trinajstić information content (AvgIpc) is 3.04. The number of hydrogen-bond acceptors (Lipinski definition) is 1. The van der Waals surface area contributed by atoms with E-state index in [1.54, 1.807) is 18.0 Å². The van der Waals surface area contributed by atoms with E-state index in [-0.39, 0.29) is 6.03 Å². The number of likely N-dealkylation sites (N-methyl/N-ethyl adjacent to an activating group) is 1. The van der Waals surface area contributed by atoms with E-state index in [2.05, 4.69) is 11.9 Å². The zero-order valence-corrected chi connectivity index (χ0v) is 9.46. The van der Waals surface area contributed by atoms with Crippen LogP contribution in [0, 0.1) is 11.3 Å². The van der Waals surface area contributed by atoms with Gasteiger partial charge in [-0.1, -0.05) is 6.08 Å². The summed E-state index contributed by atoms with van der Waals surface area (Å²) in [7, 11) is 1.80. The zero-order chi connectivity index (χ0) is 10.9. The lowest BCUT2D eigenvalue weighted by atomic mass is 10.0. The lowest BCUT2D eigenvalue weighted by molar-refractivity contribution is 0.209. The average molecular weight is 208 g/mol. The number of urea groups is 1. The molecule has 84 valence electrons. The quantitative estimate of drug-likeness (QED) is 0.689. The van der Waals surface area contributed by atoms with Gasteiger partial charge in [0.25, 0.3) is 0 Å². The fraction of sp³-hybridized carbons (Fsp3) is 0.750. The number of nitrogens with one attached hydrogen (secondary N) is 1. The summed E-state index contributed by atoms with van der Waals surface area (Å²) in [4.78, 5) is 13.3. The molecular formula is C12H20N2O. The van der Waals surface area contributed by atoms with E-state index >= 15 is 0 Å². The van der Waals surface area contributed by atoms with Crippen molar-refractivity contribution < 1.29 is 4.79 Å². The smallest absolute Gasteiger partial charge is 0.317 e. The molecule has 0 bridgehead atoms. The van der Waals surface area contributed by atoms with Gasteiger partial charge in [-0.25, -0.2) is 4.79 Å². The Morgan fingerprint density at radius 1 is 1.60 bits per heavy atom. The highest BCUT2D eigenvalue weighted by Crippen LogP contribution is 2.60. The largest absolute Gasteiger partial charge is 0.337 e. The predicted octanol–water partition coefficient (Wildman–Crippen LogP) is 2.00. The van der Waals surface area contributed by atoms with E-state index in [0.29, 0.717) is 12.0 Å². The molecule has 0 unspecified atom stereocenters. The van der Waals surface area contributed by atoms with Crippen LogP contribution in [-0.2, 0) is 0 Å². The lowest BCUT2D eigenvalue weighted by Crippen LogP contribution is -2.40. The highest BCUT2D eigenvalue weighted by Gasteiger charge is 2.53. The van der Waals surface area contributed by atoms with E-state index in [0.717, 1.165) is 12.5 Å². The van der Waals surface area contributed by atoms with Crippen molar-refractivity contribution in [2.75, 3.05) is 20.1 Å². The van der Waals surface area contributed by atoms with Gasteiger partial charge in [-0.15, -0.1) is 6.58 Å². The second kappa shape index (κ2) is 3.87. The van der Waals surface area contributed by atoms with Crippen LogP contribution in [0.25, 0.3) is 0 Å². The van der Waals surface area contributed by atoms with Gasteiger partial charge in [0.15, 0.2) is 0 Å². The number of rotatable bonds is 5. The molecule has 2 amide bonds. The van der Waals surface area contributed by atoms with Gasteiger partial charge in [0.1, 0.15) is 0 Å². The summed E-state index contributed by atoms with van der Waals surface area (Å²) >= 11 is 0. The molecule has 1 N–H and O–H groups in total. The third-order valence-corrected chi connectivity index (χ3v) is 3.68. The minimum absolute atomic E-state index is 0.0295. The topological polar surface area (TPSA) is 32.3 Å². The summed E-state index contributed by atoms with van der Waals surface area (Å²) in [6.07, 6.45) is 7.11. The summed E-state index contributed by atoms with van der Waals surface area (Å²) in [5.41, 5.74) is 0.491. The molecule has 2 rings (SSSR count). The van der Waals surface area contributed by atoms with Gasteiger partial charge in [0, 0.05) is 20.1 Å². The maximum Gasteiger partial charge on any atom is 0.317 e. The maximum absolute atomic E-state index is 11.6. The fourth-order valence-corrected chi connectivity index (χ4v) is 2.25. The van der Waals surface area contributed by atoms with Crippen molar-refractivity contribution in [2.45, 2.75) is 25.7 Å². The van der Waals surface area contributed by atoms with Crippen molar-refractivity contribution >= 4 is 6.03 Å². The molecule has 2 aliphatic rings. The van der Waals surface area contributed by atoms with Crippen molar-refractivity contribution in [2.24, 2.45) is 11.3 Å². The Balaban J connectivity index is 1.73. The van der Waals surface area contributed by atoms with Crippen LogP contribution in [0.1, 0.15) is 25.7 Å². The van der Waals surface area contributed by atoms with E-state index < -0.39 is 0 Å². The molecule has 0 spiro atoms. The summed E-state index contributed by atoms with van der Waals surface area (Å²) < 4.78 is 0. The third-order valence-electron chi connectivity index (χ3n) is 3.68. The van der Waals surface area contributed by atoms with Crippen molar-refractivity contribution in [3.63, 3.8) is 0 Å². The van der Waals surface area contributed by atoms with Crippen LogP contribution in [0.15, 0.2) is 12.7 Å². The molecule has 0 aromatic heterocycles. The summed E-state index contributed by atoms with van der Waals surface area (Å²) in [6, 6.07) is 0.0295. The minimum atomic E-state index is 0.0295. The van der Waals surface area contributed by atoms with Gasteiger partial charge < -0.3 is 10.2 Å². The fourth-order valence-electron chi connectivity index (χ4n) is 2.25. The molecule has 0 aromatic carbocycles. The zero-order valence-electron chi connectivity index (χ0n) is 9.46. The van der Waals surface area contributed by atoms with Crippen LogP contribution in [0.5, 0.6) is 0 Å². The van der Waals surface area contributed by atoms with Gasteiger partial charge in [-0.2, -0.15) is 0 Å². The molecule has 2 fully saturated rings. The number of hydrogen-bond donors (Lipinski definition) is 1. The molecule has 0 aliphatic heterocycles. The Morgan fingerprint density at radius 2 is 2.27 bits per heavy atom. The lowest BCUT2D eigenvalue weighted by Gasteiger charge is -2.19. The first-order valence-corrected chi connectivity index (χ1v) is 5.78. The van der Waals surface area contributed by atoms with Crippen LogP contribution < -0.4 is 5.32 Å². The van der Waals surface area contributed by atoms with Crippen LogP contribution in [0.2, 0.25) is 0 Å². The monoisotopic (exact) mass is 208 g/mol. The molecule has 2 aliphatic carbocycles. The highest BCUT2D eigenvalue weighted by atomic mass is 16.2. The Hall–Kier alpha value is -0.990. The molecule has 3 nitrogen and oxygen atoms in total. The molecule has 0 atom stereocenters. The maximum atomic E-state index is 11.6. The van der Waals surface area contributed by atoms with Gasteiger partial charge in [0.05, 0.1) is 0 Å². The molecule has 0 saturated heterocycles. The van der Waals surface area contributed by atoms with Crippen LogP contribution in [-0.4, -0.2) is 31.1 Å². The first kappa shape index (κ1) is 10.5. The van der Waals surface area contributed by atoms with Crippen LogP contribution in [0.4, 0.5) is 4.79 Å². The summed E-state index contributed by atoms with van der Waals surface area (Å²) in [6.45, 7) is 5.11. The Bertz CT molecular complexity index is 267. The second-order valence-corrected chi connectivity index (χ2v) is 4.96. The standard InChI is InChI=1S/C12H20N2O/c1-3-8-14(2)11(15)13-9-12(6-7-12)10-4-5-10/h3,10H,1,4-9H2,2H3,(H,13,15). The van der Waals surface area contributed by atoms with Crippen molar-refractivity contribution in [1.82, 2.24) is 10.2 Å². The van der Waals surface area contributed by atoms with Crippen LogP contribution >= 0.6 is 0 Å². The minimum Gasteiger partial charge on any atom is -0.337 e. The van der Waals surface area contributed by atoms with E-state index in [1.807, 2.05) is 0 Å². The van der Waals surface area contributed by atoms with Gasteiger partial charge in [-0.3, -0.25) is 0 Å². The molecule has 0 heterocycles. The van der Waals surface area contributed by atoms with Gasteiger partial charge >= 0.3 is 6.03 Å². The predicted molar refractivity (Wildman–Crippen MR) is 60.6 cm³/mol. The van der Waals surface area contributed by atoms with E-state index in [9.17, 15) is 4.79 Å². The Labute approximate surface area is 91.5 Å². The van der Waals surface area contributed by atoms with Crippen molar-refractivity contribution in [3.05, 3.63) is 12.7 Å². The molecule has 15 heavy (non-hydrogen) atoms. The normalized spacial score (nSPS) is 21.9. The molecule has 0 radical (unpaired) electrons. The van der Waals surface area contributed by atoms with Crippen molar-refractivity contribution in [3.8, 4) is 0 Å². The van der Waals surface area contributed by atoms with E-state index in [4.69, 9.17) is 0 Å². The Kier molecular flexibility index (Phi) is 2.72. The molecule has 3 heteroatoms. The number of nitrogens with zero attached hydrogens (tertiary/aromatic N) is 1. The van der Waals surface area contributed by atoms with Gasteiger partial charge in [-0.05, 0) is 37.0 Å². The number of carbonyl (C=O) groups is 1. The van der Waals surface area contributed by atoms with Crippen LogP contribution in [0.3, 0.4) is 0 Å². The number of carbonyl (C=O) groups excluding carboxylic acids is 1. The first-order valence-electron chi connectivity index (χ1n) is 5.78. The SMILES string of the molecule is C=CCN(C)C(=O)NCC1(C2CC2)CC1. The third kappa shape index (κ3) is 2.33. The second-order valence-electron chi connectivity index (χ2n) is 4.96. The highest BCUT2D eigenvalue weighted by molar-refractivity contribution is 5.74. The van der Waals surface area contributed by atoms with Crippen molar-refractivity contribution in [1.29, 1.82) is 0 Å². The summed E-state index contributed by atoms with van der Waals surface area (Å²) in [5, 5.41) is 3.03. The first-order chi connectivity index (χ1) is 7.18. The van der Waals surface area contributed by atoms with Gasteiger partial charge in [0.2, 0.25) is 0 Å². The summed E-state index contributed by atoms with van der Waals surface area (Å²) in [5.74, 6) is 0.905. The Morgan fingerprint density at radius 3 is 2.73 bits per heavy atom. The number of amides is 2. The molecule has 0 aromatic rings. The molecular weight excluding hydrogens is 188 g/mol.